The van der Waals surface area contributed by atoms with Gasteiger partial charge in [-0.25, -0.2) is 10.1 Å². The molecule has 0 amide bonds. The molecule has 0 bridgehead atoms. The van der Waals surface area contributed by atoms with Crippen LogP contribution in [0, 0.1) is 0 Å². The van der Waals surface area contributed by atoms with E-state index in [1.807, 2.05) is 30.3 Å². The summed E-state index contributed by atoms with van der Waals surface area (Å²) < 4.78 is 1.23. The van der Waals surface area contributed by atoms with Gasteiger partial charge in [-0.1, -0.05) is 41.7 Å². The second kappa shape index (κ2) is 6.91. The van der Waals surface area contributed by atoms with Crippen molar-refractivity contribution in [2.75, 3.05) is 29.9 Å². The highest BCUT2D eigenvalue weighted by atomic mass is 32.1. The van der Waals surface area contributed by atoms with Crippen molar-refractivity contribution in [3.8, 4) is 0 Å². The zero-order chi connectivity index (χ0) is 19.1. The maximum atomic E-state index is 12.0. The molecule has 1 aliphatic heterocycles. The van der Waals surface area contributed by atoms with Crippen molar-refractivity contribution in [2.45, 2.75) is 18.9 Å². The largest absolute Gasteiger partial charge is 0.355 e. The van der Waals surface area contributed by atoms with Crippen molar-refractivity contribution in [2.24, 2.45) is 0 Å². The van der Waals surface area contributed by atoms with E-state index in [4.69, 9.17) is 4.98 Å². The fourth-order valence-electron chi connectivity index (χ4n) is 3.97. The Hall–Kier alpha value is -2.93. The van der Waals surface area contributed by atoms with Crippen LogP contribution >= 0.6 is 11.3 Å². The van der Waals surface area contributed by atoms with E-state index in [0.29, 0.717) is 11.4 Å². The van der Waals surface area contributed by atoms with E-state index in [2.05, 4.69) is 45.2 Å². The number of nitrogens with zero attached hydrogens (tertiary/aromatic N) is 4. The highest BCUT2D eigenvalue weighted by molar-refractivity contribution is 7.22. The highest BCUT2D eigenvalue weighted by Crippen LogP contribution is 2.32. The number of rotatable bonds is 3. The van der Waals surface area contributed by atoms with Crippen LogP contribution in [-0.4, -0.2) is 41.4 Å². The van der Waals surface area contributed by atoms with E-state index in [0.717, 1.165) is 47.8 Å². The summed E-state index contributed by atoms with van der Waals surface area (Å²) in [5, 5.41) is 9.69. The van der Waals surface area contributed by atoms with Crippen LogP contribution in [0.5, 0.6) is 0 Å². The minimum absolute atomic E-state index is 0.134. The van der Waals surface area contributed by atoms with Gasteiger partial charge in [0.25, 0.3) is 5.56 Å². The van der Waals surface area contributed by atoms with Crippen LogP contribution in [0.15, 0.2) is 53.3 Å². The molecule has 2 aromatic carbocycles. The molecule has 1 saturated heterocycles. The number of anilines is 2. The van der Waals surface area contributed by atoms with Gasteiger partial charge in [0.15, 0.2) is 10.9 Å². The van der Waals surface area contributed by atoms with Gasteiger partial charge in [-0.15, -0.1) is 0 Å². The number of hydrogen-bond donors (Lipinski definition) is 1. The van der Waals surface area contributed by atoms with Crippen LogP contribution in [0.3, 0.4) is 0 Å². The lowest BCUT2D eigenvalue weighted by Gasteiger charge is -2.37. The molecule has 1 aliphatic rings. The van der Waals surface area contributed by atoms with Crippen LogP contribution in [0.1, 0.15) is 12.8 Å². The summed E-state index contributed by atoms with van der Waals surface area (Å²) in [5.41, 5.74) is 0.931. The van der Waals surface area contributed by atoms with Crippen LogP contribution < -0.4 is 15.4 Å². The van der Waals surface area contributed by atoms with E-state index in [1.54, 1.807) is 11.3 Å². The fourth-order valence-corrected chi connectivity index (χ4v) is 4.97. The van der Waals surface area contributed by atoms with Crippen LogP contribution in [0.4, 0.5) is 10.9 Å². The highest BCUT2D eigenvalue weighted by Gasteiger charge is 2.26. The Morgan fingerprint density at radius 1 is 1.07 bits per heavy atom. The smallest absolute Gasteiger partial charge is 0.272 e. The van der Waals surface area contributed by atoms with E-state index in [-0.39, 0.29) is 5.56 Å². The van der Waals surface area contributed by atoms with Gasteiger partial charge in [0, 0.05) is 31.6 Å². The average Bonchev–Trinajstić information content (AvgIpc) is 3.18. The maximum absolute atomic E-state index is 12.0. The summed E-state index contributed by atoms with van der Waals surface area (Å²) in [4.78, 5) is 21.4. The van der Waals surface area contributed by atoms with E-state index < -0.39 is 0 Å². The Balaban J connectivity index is 1.35. The molecule has 0 spiro atoms. The Morgan fingerprint density at radius 2 is 1.79 bits per heavy atom. The summed E-state index contributed by atoms with van der Waals surface area (Å²) in [6, 6.07) is 16.4. The van der Waals surface area contributed by atoms with Gasteiger partial charge >= 0.3 is 0 Å². The van der Waals surface area contributed by atoms with Crippen molar-refractivity contribution in [1.82, 2.24) is 15.2 Å². The topological polar surface area (TPSA) is 65.1 Å². The molecule has 6 nitrogen and oxygen atoms in total. The Morgan fingerprint density at radius 3 is 2.57 bits per heavy atom. The molecule has 2 aromatic heterocycles. The van der Waals surface area contributed by atoms with Crippen molar-refractivity contribution in [1.29, 1.82) is 0 Å². The number of aromatic nitrogens is 3. The van der Waals surface area contributed by atoms with Gasteiger partial charge in [0.1, 0.15) is 0 Å². The minimum atomic E-state index is -0.134. The second-order valence-corrected chi connectivity index (χ2v) is 8.22. The van der Waals surface area contributed by atoms with E-state index in [9.17, 15) is 4.79 Å². The predicted octanol–water partition coefficient (Wildman–Crippen LogP) is 3.64. The number of H-pyrrole nitrogens is 1. The molecular formula is C21H21N5OS. The van der Waals surface area contributed by atoms with Gasteiger partial charge in [0.2, 0.25) is 0 Å². The van der Waals surface area contributed by atoms with Crippen molar-refractivity contribution < 1.29 is 0 Å². The molecule has 0 radical (unpaired) electrons. The maximum Gasteiger partial charge on any atom is 0.272 e. The number of aromatic amines is 1. The van der Waals surface area contributed by atoms with E-state index in [1.165, 1.54) is 4.70 Å². The molecule has 0 saturated carbocycles. The first-order valence-corrected chi connectivity index (χ1v) is 10.3. The van der Waals surface area contributed by atoms with Crippen molar-refractivity contribution in [3.05, 3.63) is 58.9 Å². The lowest BCUT2D eigenvalue weighted by atomic mass is 10.0. The summed E-state index contributed by atoms with van der Waals surface area (Å²) >= 11 is 1.75. The average molecular weight is 392 g/mol. The number of nitrogens with one attached hydrogen (secondary N) is 1. The van der Waals surface area contributed by atoms with Crippen molar-refractivity contribution >= 4 is 43.3 Å². The Labute approximate surface area is 166 Å². The molecular weight excluding hydrogens is 370 g/mol. The van der Waals surface area contributed by atoms with Gasteiger partial charge in [0.05, 0.1) is 15.6 Å². The number of fused-ring (bicyclic) bond motifs is 2. The number of piperidine rings is 1. The molecule has 0 aliphatic carbocycles. The summed E-state index contributed by atoms with van der Waals surface area (Å²) in [5.74, 6) is 0.872. The first kappa shape index (κ1) is 17.2. The molecule has 0 atom stereocenters. The molecule has 4 aromatic rings. The molecule has 28 heavy (non-hydrogen) atoms. The summed E-state index contributed by atoms with van der Waals surface area (Å²) in [6.07, 6.45) is 2.06. The fraction of sp³-hybridized carbons (Fsp3) is 0.286. The van der Waals surface area contributed by atoms with Gasteiger partial charge < -0.3 is 9.80 Å². The molecule has 1 N–H and O–H groups in total. The minimum Gasteiger partial charge on any atom is -0.355 e. The summed E-state index contributed by atoms with van der Waals surface area (Å²) in [7, 11) is 2.14. The molecule has 0 unspecified atom stereocenters. The van der Waals surface area contributed by atoms with Crippen LogP contribution in [0.2, 0.25) is 0 Å². The molecule has 142 valence electrons. The lowest BCUT2D eigenvalue weighted by molar-refractivity contribution is 0.480. The van der Waals surface area contributed by atoms with Crippen molar-refractivity contribution in [3.63, 3.8) is 0 Å². The Kier molecular flexibility index (Phi) is 4.24. The zero-order valence-electron chi connectivity index (χ0n) is 15.6. The number of benzene rings is 2. The van der Waals surface area contributed by atoms with Crippen LogP contribution in [0.25, 0.3) is 21.0 Å². The SMILES string of the molecule is CN(c1nc2ccccc2s1)C1CCN(c2n[nH]c(=O)c3ccccc23)CC1. The number of hydrogen-bond acceptors (Lipinski definition) is 6. The molecule has 3 heterocycles. The monoisotopic (exact) mass is 391 g/mol. The Bertz CT molecular complexity index is 1160. The third-order valence-electron chi connectivity index (χ3n) is 5.57. The predicted molar refractivity (Wildman–Crippen MR) is 116 cm³/mol. The van der Waals surface area contributed by atoms with Gasteiger partial charge in [-0.3, -0.25) is 4.79 Å². The first-order chi connectivity index (χ1) is 13.7. The van der Waals surface area contributed by atoms with E-state index >= 15 is 0 Å². The molecule has 1 fully saturated rings. The third-order valence-corrected chi connectivity index (χ3v) is 6.70. The van der Waals surface area contributed by atoms with Crippen LogP contribution in [-0.2, 0) is 0 Å². The second-order valence-electron chi connectivity index (χ2n) is 7.22. The zero-order valence-corrected chi connectivity index (χ0v) is 16.4. The summed E-state index contributed by atoms with van der Waals surface area (Å²) in [6.45, 7) is 1.81. The lowest BCUT2D eigenvalue weighted by Crippen LogP contribution is -2.44. The normalized spacial score (nSPS) is 15.4. The quantitative estimate of drug-likeness (QED) is 0.578. The van der Waals surface area contributed by atoms with Gasteiger partial charge in [-0.2, -0.15) is 5.10 Å². The number of para-hydroxylation sites is 1. The van der Waals surface area contributed by atoms with Gasteiger partial charge in [-0.05, 0) is 31.0 Å². The molecule has 7 heteroatoms. The molecule has 5 rings (SSSR count). The third kappa shape index (κ3) is 2.92. The first-order valence-electron chi connectivity index (χ1n) is 9.51. The number of thiazole rings is 1. The standard InChI is InChI=1S/C21H21N5OS/c1-25(21-22-17-8-4-5-9-18(17)28-21)14-10-12-26(13-11-14)19-15-6-2-3-7-16(15)20(27)24-23-19/h2-9,14H,10-13H2,1H3,(H,24,27).